The maximum atomic E-state index is 5.86. The topological polar surface area (TPSA) is 43.4 Å². The number of anilines is 1. The molecule has 0 amide bonds. The highest BCUT2D eigenvalue weighted by Crippen LogP contribution is 2.35. The molecular weight excluding hydrogens is 252 g/mol. The Morgan fingerprint density at radius 1 is 1.35 bits per heavy atom. The molecule has 20 heavy (non-hydrogen) atoms. The van der Waals surface area contributed by atoms with Gasteiger partial charge in [0.05, 0.1) is 13.2 Å². The molecule has 4 nitrogen and oxygen atoms in total. The van der Waals surface area contributed by atoms with Crippen molar-refractivity contribution in [3.05, 3.63) is 47.8 Å². The van der Waals surface area contributed by atoms with Crippen LogP contribution in [0.2, 0.25) is 0 Å². The van der Waals surface area contributed by atoms with Gasteiger partial charge in [0.25, 0.3) is 0 Å². The second kappa shape index (κ2) is 5.41. The number of nitrogens with one attached hydrogen (secondary N) is 1. The lowest BCUT2D eigenvalue weighted by atomic mass is 10.0. The highest BCUT2D eigenvalue weighted by atomic mass is 16.5. The van der Waals surface area contributed by atoms with Crippen LogP contribution < -0.4 is 14.8 Å². The van der Waals surface area contributed by atoms with Crippen LogP contribution in [-0.2, 0) is 6.42 Å². The third-order valence-corrected chi connectivity index (χ3v) is 3.44. The molecule has 0 radical (unpaired) electrons. The quantitative estimate of drug-likeness (QED) is 0.931. The van der Waals surface area contributed by atoms with Gasteiger partial charge in [-0.1, -0.05) is 12.1 Å². The number of ether oxygens (including phenoxy) is 2. The molecule has 0 aliphatic carbocycles. The van der Waals surface area contributed by atoms with Gasteiger partial charge in [0.1, 0.15) is 6.61 Å². The van der Waals surface area contributed by atoms with E-state index in [2.05, 4.69) is 16.4 Å². The SMILES string of the molecule is COc1cccc2c1OCC(Nc1ccnc(C)c1)C2. The zero-order valence-electron chi connectivity index (χ0n) is 11.7. The van der Waals surface area contributed by atoms with Crippen molar-refractivity contribution >= 4 is 5.69 Å². The van der Waals surface area contributed by atoms with Crippen LogP contribution in [0.3, 0.4) is 0 Å². The van der Waals surface area contributed by atoms with Gasteiger partial charge < -0.3 is 14.8 Å². The maximum absolute atomic E-state index is 5.86. The highest BCUT2D eigenvalue weighted by molar-refractivity contribution is 5.50. The van der Waals surface area contributed by atoms with Gasteiger partial charge in [-0.15, -0.1) is 0 Å². The molecule has 1 aromatic heterocycles. The van der Waals surface area contributed by atoms with Crippen LogP contribution in [0.5, 0.6) is 11.5 Å². The van der Waals surface area contributed by atoms with Crippen molar-refractivity contribution in [1.82, 2.24) is 4.98 Å². The Hall–Kier alpha value is -2.23. The molecule has 0 saturated carbocycles. The number of hydrogen-bond acceptors (Lipinski definition) is 4. The summed E-state index contributed by atoms with van der Waals surface area (Å²) in [5.41, 5.74) is 3.27. The number of aryl methyl sites for hydroxylation is 1. The first-order valence-corrected chi connectivity index (χ1v) is 6.74. The van der Waals surface area contributed by atoms with E-state index in [-0.39, 0.29) is 6.04 Å². The molecule has 104 valence electrons. The van der Waals surface area contributed by atoms with E-state index in [0.717, 1.165) is 29.3 Å². The summed E-state index contributed by atoms with van der Waals surface area (Å²) in [5.74, 6) is 1.68. The maximum Gasteiger partial charge on any atom is 0.164 e. The third-order valence-electron chi connectivity index (χ3n) is 3.44. The minimum absolute atomic E-state index is 0.261. The molecular formula is C16H18N2O2. The number of para-hydroxylation sites is 1. The largest absolute Gasteiger partial charge is 0.493 e. The van der Waals surface area contributed by atoms with Gasteiger partial charge in [-0.25, -0.2) is 0 Å². The average molecular weight is 270 g/mol. The van der Waals surface area contributed by atoms with Crippen molar-refractivity contribution in [1.29, 1.82) is 0 Å². The third kappa shape index (κ3) is 2.54. The minimum atomic E-state index is 0.261. The molecule has 2 heterocycles. The van der Waals surface area contributed by atoms with Gasteiger partial charge in [-0.2, -0.15) is 0 Å². The van der Waals surface area contributed by atoms with Crippen LogP contribution in [-0.4, -0.2) is 24.7 Å². The zero-order chi connectivity index (χ0) is 13.9. The Balaban J connectivity index is 1.76. The van der Waals surface area contributed by atoms with Gasteiger partial charge in [-0.05, 0) is 31.5 Å². The Kier molecular flexibility index (Phi) is 3.46. The number of methoxy groups -OCH3 is 1. The molecule has 0 fully saturated rings. The van der Waals surface area contributed by atoms with Gasteiger partial charge in [-0.3, -0.25) is 4.98 Å². The lowest BCUT2D eigenvalue weighted by molar-refractivity contribution is 0.256. The van der Waals surface area contributed by atoms with Gasteiger partial charge >= 0.3 is 0 Å². The van der Waals surface area contributed by atoms with Crippen molar-refractivity contribution in [2.75, 3.05) is 19.0 Å². The van der Waals surface area contributed by atoms with Crippen LogP contribution >= 0.6 is 0 Å². The van der Waals surface area contributed by atoms with E-state index in [4.69, 9.17) is 9.47 Å². The van der Waals surface area contributed by atoms with E-state index in [9.17, 15) is 0 Å². The molecule has 1 aliphatic rings. The number of pyridine rings is 1. The predicted octanol–water partition coefficient (Wildman–Crippen LogP) is 2.81. The summed E-state index contributed by atoms with van der Waals surface area (Å²) < 4.78 is 11.2. The second-order valence-electron chi connectivity index (χ2n) is 4.99. The number of aromatic nitrogens is 1. The number of benzene rings is 1. The van der Waals surface area contributed by atoms with Crippen molar-refractivity contribution in [2.45, 2.75) is 19.4 Å². The Morgan fingerprint density at radius 3 is 3.05 bits per heavy atom. The molecule has 1 unspecified atom stereocenters. The zero-order valence-corrected chi connectivity index (χ0v) is 11.7. The molecule has 1 N–H and O–H groups in total. The number of hydrogen-bond donors (Lipinski definition) is 1. The lowest BCUT2D eigenvalue weighted by Gasteiger charge is -2.27. The monoisotopic (exact) mass is 270 g/mol. The standard InChI is InChI=1S/C16H18N2O2/c1-11-8-13(6-7-17-11)18-14-9-12-4-3-5-15(19-2)16(12)20-10-14/h3-8,14H,9-10H2,1-2H3,(H,17,18). The molecule has 0 spiro atoms. The normalized spacial score (nSPS) is 17.0. The predicted molar refractivity (Wildman–Crippen MR) is 78.6 cm³/mol. The van der Waals surface area contributed by atoms with E-state index >= 15 is 0 Å². The highest BCUT2D eigenvalue weighted by Gasteiger charge is 2.22. The van der Waals surface area contributed by atoms with Crippen LogP contribution in [0.1, 0.15) is 11.3 Å². The van der Waals surface area contributed by atoms with Crippen molar-refractivity contribution in [3.8, 4) is 11.5 Å². The molecule has 2 aromatic rings. The number of nitrogens with zero attached hydrogens (tertiary/aromatic N) is 1. The fourth-order valence-electron chi connectivity index (χ4n) is 2.52. The summed E-state index contributed by atoms with van der Waals surface area (Å²) in [4.78, 5) is 4.20. The average Bonchev–Trinajstić information content (AvgIpc) is 2.46. The fraction of sp³-hybridized carbons (Fsp3) is 0.312. The summed E-state index contributed by atoms with van der Waals surface area (Å²) in [6, 6.07) is 10.3. The van der Waals surface area contributed by atoms with Gasteiger partial charge in [0.15, 0.2) is 11.5 Å². The van der Waals surface area contributed by atoms with Gasteiger partial charge in [0.2, 0.25) is 0 Å². The number of fused-ring (bicyclic) bond motifs is 1. The summed E-state index contributed by atoms with van der Waals surface area (Å²) in [6.45, 7) is 2.62. The fourth-order valence-corrected chi connectivity index (χ4v) is 2.52. The summed E-state index contributed by atoms with van der Waals surface area (Å²) in [7, 11) is 1.67. The van der Waals surface area contributed by atoms with Crippen LogP contribution in [0.25, 0.3) is 0 Å². The summed E-state index contributed by atoms with van der Waals surface area (Å²) in [5, 5.41) is 3.49. The van der Waals surface area contributed by atoms with Crippen molar-refractivity contribution < 1.29 is 9.47 Å². The smallest absolute Gasteiger partial charge is 0.164 e. The second-order valence-corrected chi connectivity index (χ2v) is 4.99. The number of rotatable bonds is 3. The first-order chi connectivity index (χ1) is 9.76. The molecule has 1 atom stereocenters. The van der Waals surface area contributed by atoms with Crippen molar-refractivity contribution in [3.63, 3.8) is 0 Å². The molecule has 0 bridgehead atoms. The van der Waals surface area contributed by atoms with E-state index < -0.39 is 0 Å². The Labute approximate surface area is 118 Å². The van der Waals surface area contributed by atoms with E-state index in [1.165, 1.54) is 5.56 Å². The molecule has 4 heteroatoms. The first kappa shape index (κ1) is 12.8. The van der Waals surface area contributed by atoms with Crippen LogP contribution in [0.15, 0.2) is 36.5 Å². The minimum Gasteiger partial charge on any atom is -0.493 e. The summed E-state index contributed by atoms with van der Waals surface area (Å²) in [6.07, 6.45) is 2.74. The van der Waals surface area contributed by atoms with E-state index in [0.29, 0.717) is 6.61 Å². The van der Waals surface area contributed by atoms with Crippen molar-refractivity contribution in [2.24, 2.45) is 0 Å². The van der Waals surface area contributed by atoms with Gasteiger partial charge in [0, 0.05) is 23.1 Å². The van der Waals surface area contributed by atoms with E-state index in [1.807, 2.05) is 37.4 Å². The Bertz CT molecular complexity index is 613. The molecule has 0 saturated heterocycles. The lowest BCUT2D eigenvalue weighted by Crippen LogP contribution is -2.33. The summed E-state index contributed by atoms with van der Waals surface area (Å²) >= 11 is 0. The first-order valence-electron chi connectivity index (χ1n) is 6.74. The molecule has 1 aromatic carbocycles. The Morgan fingerprint density at radius 2 is 2.25 bits per heavy atom. The molecule has 1 aliphatic heterocycles. The van der Waals surface area contributed by atoms with E-state index in [1.54, 1.807) is 7.11 Å². The van der Waals surface area contributed by atoms with Crippen LogP contribution in [0, 0.1) is 6.92 Å². The molecule has 3 rings (SSSR count). The van der Waals surface area contributed by atoms with Crippen LogP contribution in [0.4, 0.5) is 5.69 Å².